The van der Waals surface area contributed by atoms with Crippen LogP contribution < -0.4 is 11.1 Å². The second kappa shape index (κ2) is 4.52. The molecule has 1 aromatic heterocycles. The number of pyridine rings is 1. The van der Waals surface area contributed by atoms with E-state index in [9.17, 15) is 8.42 Å². The van der Waals surface area contributed by atoms with Crippen LogP contribution in [0.4, 0.5) is 11.5 Å². The number of anilines is 2. The Kier molecular flexibility index (Phi) is 3.24. The number of hydrogen-bond donors (Lipinski definition) is 2. The van der Waals surface area contributed by atoms with Gasteiger partial charge in [-0.25, -0.2) is 13.4 Å². The number of aromatic nitrogens is 1. The summed E-state index contributed by atoms with van der Waals surface area (Å²) in [6.07, 6.45) is 0.739. The standard InChI is InChI=1S/C11H17N3O2S/c1-8-10(12)2-3-11(14-8)13-6-9-4-5-17(15,16)7-9/h2-3,9H,4-7,12H2,1H3,(H,13,14). The Morgan fingerprint density at radius 3 is 2.88 bits per heavy atom. The Morgan fingerprint density at radius 2 is 2.29 bits per heavy atom. The van der Waals surface area contributed by atoms with Crippen molar-refractivity contribution in [3.63, 3.8) is 0 Å². The zero-order valence-electron chi connectivity index (χ0n) is 9.81. The third kappa shape index (κ3) is 3.09. The molecule has 0 radical (unpaired) electrons. The zero-order valence-corrected chi connectivity index (χ0v) is 10.6. The molecule has 1 fully saturated rings. The number of sulfone groups is 1. The molecule has 1 unspecified atom stereocenters. The molecule has 0 aliphatic carbocycles. The second-order valence-corrected chi connectivity index (χ2v) is 6.75. The topological polar surface area (TPSA) is 85.1 Å². The van der Waals surface area contributed by atoms with Crippen LogP contribution in [-0.4, -0.2) is 31.5 Å². The van der Waals surface area contributed by atoms with E-state index in [0.717, 1.165) is 17.9 Å². The Bertz CT molecular complexity index is 513. The Balaban J connectivity index is 1.92. The van der Waals surface area contributed by atoms with Crippen LogP contribution in [-0.2, 0) is 9.84 Å². The summed E-state index contributed by atoms with van der Waals surface area (Å²) in [5.74, 6) is 1.54. The van der Waals surface area contributed by atoms with Crippen molar-refractivity contribution in [3.05, 3.63) is 17.8 Å². The highest BCUT2D eigenvalue weighted by Gasteiger charge is 2.27. The van der Waals surface area contributed by atoms with Crippen molar-refractivity contribution in [2.24, 2.45) is 5.92 Å². The van der Waals surface area contributed by atoms with Crippen molar-refractivity contribution >= 4 is 21.3 Å². The number of nitrogens with two attached hydrogens (primary N) is 1. The highest BCUT2D eigenvalue weighted by atomic mass is 32.2. The van der Waals surface area contributed by atoms with Crippen LogP contribution in [0.1, 0.15) is 12.1 Å². The van der Waals surface area contributed by atoms with Crippen LogP contribution in [0.25, 0.3) is 0 Å². The normalized spacial score (nSPS) is 22.5. The summed E-state index contributed by atoms with van der Waals surface area (Å²) in [5.41, 5.74) is 7.12. The lowest BCUT2D eigenvalue weighted by molar-refractivity contribution is 0.595. The van der Waals surface area contributed by atoms with Gasteiger partial charge in [-0.1, -0.05) is 0 Å². The van der Waals surface area contributed by atoms with E-state index < -0.39 is 9.84 Å². The summed E-state index contributed by atoms with van der Waals surface area (Å²) in [6, 6.07) is 3.61. The summed E-state index contributed by atoms with van der Waals surface area (Å²) < 4.78 is 22.6. The molecular weight excluding hydrogens is 238 g/mol. The van der Waals surface area contributed by atoms with E-state index in [2.05, 4.69) is 10.3 Å². The number of rotatable bonds is 3. The third-order valence-corrected chi connectivity index (χ3v) is 4.86. The number of nitrogens with zero attached hydrogens (tertiary/aromatic N) is 1. The smallest absolute Gasteiger partial charge is 0.150 e. The van der Waals surface area contributed by atoms with Crippen molar-refractivity contribution in [2.45, 2.75) is 13.3 Å². The van der Waals surface area contributed by atoms with Crippen molar-refractivity contribution in [3.8, 4) is 0 Å². The van der Waals surface area contributed by atoms with E-state index in [0.29, 0.717) is 18.0 Å². The summed E-state index contributed by atoms with van der Waals surface area (Å²) in [6.45, 7) is 2.50. The van der Waals surface area contributed by atoms with Crippen molar-refractivity contribution in [1.82, 2.24) is 4.98 Å². The van der Waals surface area contributed by atoms with Crippen molar-refractivity contribution < 1.29 is 8.42 Å². The minimum absolute atomic E-state index is 0.194. The maximum Gasteiger partial charge on any atom is 0.150 e. The fraction of sp³-hybridized carbons (Fsp3) is 0.545. The fourth-order valence-corrected chi connectivity index (χ4v) is 3.81. The molecule has 1 aliphatic rings. The minimum Gasteiger partial charge on any atom is -0.397 e. The van der Waals surface area contributed by atoms with Gasteiger partial charge < -0.3 is 11.1 Å². The van der Waals surface area contributed by atoms with Gasteiger partial charge in [-0.15, -0.1) is 0 Å². The number of nitrogens with one attached hydrogen (secondary N) is 1. The van der Waals surface area contributed by atoms with Crippen LogP contribution in [0.15, 0.2) is 12.1 Å². The molecule has 1 aliphatic heterocycles. The number of hydrogen-bond acceptors (Lipinski definition) is 5. The lowest BCUT2D eigenvalue weighted by atomic mass is 10.1. The third-order valence-electron chi connectivity index (χ3n) is 3.03. The summed E-state index contributed by atoms with van der Waals surface area (Å²) in [4.78, 5) is 4.28. The van der Waals surface area contributed by atoms with Crippen LogP contribution in [0, 0.1) is 12.8 Å². The highest BCUT2D eigenvalue weighted by Crippen LogP contribution is 2.19. The van der Waals surface area contributed by atoms with Gasteiger partial charge >= 0.3 is 0 Å². The maximum atomic E-state index is 11.3. The highest BCUT2D eigenvalue weighted by molar-refractivity contribution is 7.91. The van der Waals surface area contributed by atoms with Gasteiger partial charge in [-0.3, -0.25) is 0 Å². The molecule has 3 N–H and O–H groups in total. The molecule has 1 atom stereocenters. The maximum absolute atomic E-state index is 11.3. The van der Waals surface area contributed by atoms with Gasteiger partial charge in [0.05, 0.1) is 22.9 Å². The predicted octanol–water partition coefficient (Wildman–Crippen LogP) is 0.819. The second-order valence-electron chi connectivity index (χ2n) is 4.52. The molecular formula is C11H17N3O2S. The van der Waals surface area contributed by atoms with E-state index in [-0.39, 0.29) is 11.7 Å². The van der Waals surface area contributed by atoms with Gasteiger partial charge in [0.1, 0.15) is 5.82 Å². The first-order chi connectivity index (χ1) is 7.96. The molecule has 6 heteroatoms. The summed E-state index contributed by atoms with van der Waals surface area (Å²) in [7, 11) is -2.80. The van der Waals surface area contributed by atoms with Gasteiger partial charge in [0, 0.05) is 6.54 Å². The van der Waals surface area contributed by atoms with Gasteiger partial charge in [0.2, 0.25) is 0 Å². The molecule has 0 bridgehead atoms. The van der Waals surface area contributed by atoms with Crippen LogP contribution in [0.5, 0.6) is 0 Å². The van der Waals surface area contributed by atoms with Gasteiger partial charge in [0.25, 0.3) is 0 Å². The average Bonchev–Trinajstić information content (AvgIpc) is 2.60. The number of aryl methyl sites for hydroxylation is 1. The molecule has 17 heavy (non-hydrogen) atoms. The van der Waals surface area contributed by atoms with E-state index >= 15 is 0 Å². The Morgan fingerprint density at radius 1 is 1.53 bits per heavy atom. The first-order valence-electron chi connectivity index (χ1n) is 5.64. The van der Waals surface area contributed by atoms with Crippen molar-refractivity contribution in [1.29, 1.82) is 0 Å². The van der Waals surface area contributed by atoms with E-state index in [1.807, 2.05) is 13.0 Å². The lowest BCUT2D eigenvalue weighted by Gasteiger charge is -2.11. The van der Waals surface area contributed by atoms with E-state index in [1.165, 1.54) is 0 Å². The SMILES string of the molecule is Cc1nc(NCC2CCS(=O)(=O)C2)ccc1N. The molecule has 5 nitrogen and oxygen atoms in total. The molecule has 2 heterocycles. The molecule has 0 aromatic carbocycles. The summed E-state index contributed by atoms with van der Waals surface area (Å²) in [5, 5.41) is 3.16. The van der Waals surface area contributed by atoms with Gasteiger partial charge in [0.15, 0.2) is 9.84 Å². The predicted molar refractivity (Wildman–Crippen MR) is 68.6 cm³/mol. The quantitative estimate of drug-likeness (QED) is 0.835. The van der Waals surface area contributed by atoms with Crippen LogP contribution in [0.2, 0.25) is 0 Å². The molecule has 2 rings (SSSR count). The average molecular weight is 255 g/mol. The molecule has 1 saturated heterocycles. The molecule has 94 valence electrons. The van der Waals surface area contributed by atoms with Crippen molar-refractivity contribution in [2.75, 3.05) is 29.1 Å². The van der Waals surface area contributed by atoms with E-state index in [1.54, 1.807) is 6.07 Å². The first-order valence-corrected chi connectivity index (χ1v) is 7.46. The van der Waals surface area contributed by atoms with Crippen LogP contribution >= 0.6 is 0 Å². The molecule has 0 amide bonds. The van der Waals surface area contributed by atoms with E-state index in [4.69, 9.17) is 5.73 Å². The first kappa shape index (κ1) is 12.2. The Labute approximate surface area is 101 Å². The minimum atomic E-state index is -2.80. The molecule has 0 spiro atoms. The van der Waals surface area contributed by atoms with Gasteiger partial charge in [-0.05, 0) is 31.4 Å². The molecule has 0 saturated carbocycles. The lowest BCUT2D eigenvalue weighted by Crippen LogP contribution is -2.16. The number of nitrogen functional groups attached to an aromatic ring is 1. The summed E-state index contributed by atoms with van der Waals surface area (Å²) >= 11 is 0. The molecule has 1 aromatic rings. The Hall–Kier alpha value is -1.30. The monoisotopic (exact) mass is 255 g/mol. The fourth-order valence-electron chi connectivity index (χ4n) is 1.95. The zero-order chi connectivity index (χ0) is 12.5. The largest absolute Gasteiger partial charge is 0.397 e. The van der Waals surface area contributed by atoms with Crippen LogP contribution in [0.3, 0.4) is 0 Å². The van der Waals surface area contributed by atoms with Gasteiger partial charge in [-0.2, -0.15) is 0 Å².